The van der Waals surface area contributed by atoms with E-state index in [1.807, 2.05) is 6.20 Å². The van der Waals surface area contributed by atoms with E-state index < -0.39 is 0 Å². The van der Waals surface area contributed by atoms with Crippen LogP contribution in [0, 0.1) is 5.41 Å². The largest absolute Gasteiger partial charge is 0.339 e. The smallest absolute Gasteiger partial charge is 0.231 e. The Morgan fingerprint density at radius 1 is 1.20 bits per heavy atom. The molecule has 1 saturated heterocycles. The van der Waals surface area contributed by atoms with Crippen molar-refractivity contribution in [2.45, 2.75) is 44.4 Å². The molecule has 25 heavy (non-hydrogen) atoms. The van der Waals surface area contributed by atoms with Gasteiger partial charge in [-0.3, -0.25) is 5.10 Å². The van der Waals surface area contributed by atoms with Gasteiger partial charge in [0.2, 0.25) is 5.89 Å². The molecule has 6 nitrogen and oxygen atoms in total. The van der Waals surface area contributed by atoms with Crippen LogP contribution in [-0.2, 0) is 6.42 Å². The highest BCUT2D eigenvalue weighted by atomic mass is 16.5. The second-order valence-electron chi connectivity index (χ2n) is 7.62. The molecule has 2 N–H and O–H groups in total. The number of hydrogen-bond acceptors (Lipinski definition) is 5. The molecule has 1 aromatic carbocycles. The first-order chi connectivity index (χ1) is 12.3. The summed E-state index contributed by atoms with van der Waals surface area (Å²) in [6, 6.07) is 6.29. The first kappa shape index (κ1) is 15.1. The van der Waals surface area contributed by atoms with Crippen LogP contribution in [0.5, 0.6) is 0 Å². The maximum atomic E-state index is 5.70. The van der Waals surface area contributed by atoms with Gasteiger partial charge in [0.1, 0.15) is 0 Å². The fraction of sp³-hybridized carbons (Fsp3) is 0.526. The molecule has 2 aromatic heterocycles. The number of H-pyrrole nitrogens is 1. The quantitative estimate of drug-likeness (QED) is 0.767. The minimum atomic E-state index is 0.330. The molecular weight excluding hydrogens is 314 g/mol. The normalized spacial score (nSPS) is 22.8. The maximum Gasteiger partial charge on any atom is 0.231 e. The third kappa shape index (κ3) is 2.65. The average Bonchev–Trinajstić information content (AvgIpc) is 3.35. The van der Waals surface area contributed by atoms with E-state index in [1.165, 1.54) is 37.7 Å². The monoisotopic (exact) mass is 337 g/mol. The van der Waals surface area contributed by atoms with E-state index in [0.717, 1.165) is 35.7 Å². The predicted octanol–water partition coefficient (Wildman–Crippen LogP) is 3.17. The van der Waals surface area contributed by atoms with Crippen LogP contribution in [0.3, 0.4) is 0 Å². The summed E-state index contributed by atoms with van der Waals surface area (Å²) in [5, 5.41) is 16.0. The van der Waals surface area contributed by atoms with Gasteiger partial charge in [0.05, 0.1) is 17.6 Å². The first-order valence-electron chi connectivity index (χ1n) is 9.28. The Morgan fingerprint density at radius 3 is 3.04 bits per heavy atom. The number of fused-ring (bicyclic) bond motifs is 1. The molecule has 0 radical (unpaired) electrons. The SMILES string of the molecule is c1cc2cn[nH]c2cc1Cc1noc(C2CNCC23CCCCC3)n1. The zero-order chi connectivity index (χ0) is 16.7. The summed E-state index contributed by atoms with van der Waals surface area (Å²) >= 11 is 0. The summed E-state index contributed by atoms with van der Waals surface area (Å²) in [5.41, 5.74) is 2.54. The molecule has 1 atom stereocenters. The van der Waals surface area contributed by atoms with Crippen molar-refractivity contribution in [1.82, 2.24) is 25.7 Å². The van der Waals surface area contributed by atoms with Crippen LogP contribution in [-0.4, -0.2) is 33.4 Å². The van der Waals surface area contributed by atoms with Crippen molar-refractivity contribution in [3.8, 4) is 0 Å². The summed E-state index contributed by atoms with van der Waals surface area (Å²) < 4.78 is 5.70. The Hall–Kier alpha value is -2.21. The number of aromatic amines is 1. The molecule has 1 unspecified atom stereocenters. The highest BCUT2D eigenvalue weighted by molar-refractivity contribution is 5.78. The molecule has 3 heterocycles. The molecule has 0 bridgehead atoms. The summed E-state index contributed by atoms with van der Waals surface area (Å²) in [6.45, 7) is 2.05. The van der Waals surface area contributed by atoms with Gasteiger partial charge in [-0.2, -0.15) is 10.1 Å². The van der Waals surface area contributed by atoms with Crippen LogP contribution >= 0.6 is 0 Å². The molecule has 2 aliphatic rings. The van der Waals surface area contributed by atoms with Gasteiger partial charge in [-0.15, -0.1) is 0 Å². The van der Waals surface area contributed by atoms with E-state index in [2.05, 4.69) is 38.9 Å². The molecule has 1 aliphatic heterocycles. The zero-order valence-corrected chi connectivity index (χ0v) is 14.3. The van der Waals surface area contributed by atoms with Crippen LogP contribution in [0.15, 0.2) is 28.9 Å². The topological polar surface area (TPSA) is 79.6 Å². The highest BCUT2D eigenvalue weighted by Crippen LogP contribution is 2.48. The van der Waals surface area contributed by atoms with Gasteiger partial charge < -0.3 is 9.84 Å². The van der Waals surface area contributed by atoms with Gasteiger partial charge in [0.25, 0.3) is 0 Å². The second-order valence-corrected chi connectivity index (χ2v) is 7.62. The molecule has 0 amide bonds. The van der Waals surface area contributed by atoms with Gasteiger partial charge in [-0.05, 0) is 29.9 Å². The zero-order valence-electron chi connectivity index (χ0n) is 14.3. The lowest BCUT2D eigenvalue weighted by molar-refractivity contribution is 0.165. The van der Waals surface area contributed by atoms with Crippen molar-refractivity contribution in [2.75, 3.05) is 13.1 Å². The molecule has 1 aliphatic carbocycles. The molecule has 1 spiro atoms. The van der Waals surface area contributed by atoms with Gasteiger partial charge in [0.15, 0.2) is 5.82 Å². The Morgan fingerprint density at radius 2 is 2.12 bits per heavy atom. The van der Waals surface area contributed by atoms with Gasteiger partial charge in [-0.25, -0.2) is 0 Å². The molecule has 2 fully saturated rings. The Labute approximate surface area is 146 Å². The number of rotatable bonds is 3. The number of aromatic nitrogens is 4. The summed E-state index contributed by atoms with van der Waals surface area (Å²) in [7, 11) is 0. The Bertz CT molecular complexity index is 877. The van der Waals surface area contributed by atoms with Crippen molar-refractivity contribution < 1.29 is 4.52 Å². The lowest BCUT2D eigenvalue weighted by Crippen LogP contribution is -2.31. The second kappa shape index (κ2) is 5.95. The van der Waals surface area contributed by atoms with E-state index in [1.54, 1.807) is 0 Å². The minimum Gasteiger partial charge on any atom is -0.339 e. The Balaban J connectivity index is 1.37. The van der Waals surface area contributed by atoms with E-state index in [0.29, 0.717) is 17.8 Å². The lowest BCUT2D eigenvalue weighted by Gasteiger charge is -2.36. The van der Waals surface area contributed by atoms with E-state index >= 15 is 0 Å². The van der Waals surface area contributed by atoms with Crippen molar-refractivity contribution >= 4 is 10.9 Å². The van der Waals surface area contributed by atoms with Crippen molar-refractivity contribution in [3.05, 3.63) is 41.7 Å². The standard InChI is InChI=1S/C19H23N5O/c1-2-6-19(7-3-1)12-20-11-15(19)18-22-17(24-25-18)9-13-4-5-14-10-21-23-16(14)8-13/h4-5,8,10,15,20H,1-3,6-7,9,11-12H2,(H,21,23). The van der Waals surface area contributed by atoms with Crippen LogP contribution in [0.25, 0.3) is 10.9 Å². The molecule has 1 saturated carbocycles. The van der Waals surface area contributed by atoms with E-state index in [-0.39, 0.29) is 0 Å². The summed E-state index contributed by atoms with van der Waals surface area (Å²) in [4.78, 5) is 4.76. The number of nitrogens with zero attached hydrogens (tertiary/aromatic N) is 3. The number of hydrogen-bond donors (Lipinski definition) is 2. The predicted molar refractivity (Wildman–Crippen MR) is 94.3 cm³/mol. The molecule has 3 aromatic rings. The highest BCUT2D eigenvalue weighted by Gasteiger charge is 2.46. The van der Waals surface area contributed by atoms with Crippen molar-refractivity contribution in [2.24, 2.45) is 5.41 Å². The Kier molecular flexibility index (Phi) is 3.59. The maximum absolute atomic E-state index is 5.70. The van der Waals surface area contributed by atoms with E-state index in [9.17, 15) is 0 Å². The van der Waals surface area contributed by atoms with Gasteiger partial charge >= 0.3 is 0 Å². The third-order valence-corrected chi connectivity index (χ3v) is 6.06. The van der Waals surface area contributed by atoms with Crippen LogP contribution in [0.2, 0.25) is 0 Å². The van der Waals surface area contributed by atoms with Crippen molar-refractivity contribution in [1.29, 1.82) is 0 Å². The van der Waals surface area contributed by atoms with Crippen LogP contribution < -0.4 is 5.32 Å². The lowest BCUT2D eigenvalue weighted by atomic mass is 9.67. The summed E-state index contributed by atoms with van der Waals surface area (Å²) in [6.07, 6.45) is 9.08. The third-order valence-electron chi connectivity index (χ3n) is 6.06. The minimum absolute atomic E-state index is 0.330. The average molecular weight is 337 g/mol. The molecule has 5 rings (SSSR count). The summed E-state index contributed by atoms with van der Waals surface area (Å²) in [5.74, 6) is 1.96. The molecular formula is C19H23N5O. The first-order valence-corrected chi connectivity index (χ1v) is 9.28. The van der Waals surface area contributed by atoms with Gasteiger partial charge in [0, 0.05) is 24.9 Å². The fourth-order valence-electron chi connectivity index (χ4n) is 4.69. The number of benzene rings is 1. The van der Waals surface area contributed by atoms with Gasteiger partial charge in [-0.1, -0.05) is 36.6 Å². The molecule has 6 heteroatoms. The van der Waals surface area contributed by atoms with E-state index in [4.69, 9.17) is 9.51 Å². The van der Waals surface area contributed by atoms with Crippen LogP contribution in [0.1, 0.15) is 55.3 Å². The number of nitrogens with one attached hydrogen (secondary N) is 2. The molecule has 130 valence electrons. The fourth-order valence-corrected chi connectivity index (χ4v) is 4.69. The van der Waals surface area contributed by atoms with Crippen molar-refractivity contribution in [3.63, 3.8) is 0 Å². The van der Waals surface area contributed by atoms with Crippen LogP contribution in [0.4, 0.5) is 0 Å².